The van der Waals surface area contributed by atoms with Gasteiger partial charge in [0.25, 0.3) is 10.0 Å². The molecule has 0 aromatic heterocycles. The van der Waals surface area contributed by atoms with Crippen LogP contribution in [0, 0.1) is 13.8 Å². The topological polar surface area (TPSA) is 96.0 Å². The highest BCUT2D eigenvalue weighted by atomic mass is 32.2. The Labute approximate surface area is 238 Å². The van der Waals surface area contributed by atoms with Gasteiger partial charge in [-0.3, -0.25) is 13.9 Å². The molecule has 0 saturated heterocycles. The number of sulfonamides is 1. The minimum Gasteiger partial charge on any atom is -0.497 e. The van der Waals surface area contributed by atoms with Gasteiger partial charge in [0.05, 0.1) is 17.7 Å². The number of carbonyl (C=O) groups is 2. The normalized spacial score (nSPS) is 12.1. The Bertz CT molecular complexity index is 1420. The second-order valence-corrected chi connectivity index (χ2v) is 12.0. The van der Waals surface area contributed by atoms with Crippen LogP contribution in [0.2, 0.25) is 0 Å². The van der Waals surface area contributed by atoms with Crippen LogP contribution in [0.3, 0.4) is 0 Å². The van der Waals surface area contributed by atoms with Crippen molar-refractivity contribution >= 4 is 27.5 Å². The standard InChI is InChI=1S/C31H39N3O5S/c1-7-29(31(36)32-22(2)3)33(20-25-11-8-10-24(5)18-25)30(35)21-34(26-12-9-13-27(19-26)39-6)40(37,38)28-16-14-23(4)15-17-28/h8-19,22,29H,7,20-21H2,1-6H3,(H,32,36). The second-order valence-electron chi connectivity index (χ2n) is 10.1. The number of aryl methyl sites for hydroxylation is 2. The Balaban J connectivity index is 2.08. The SMILES string of the molecule is CCC(C(=O)NC(C)C)N(Cc1cccc(C)c1)C(=O)CN(c1cccc(OC)c1)S(=O)(=O)c1ccc(C)cc1. The van der Waals surface area contributed by atoms with E-state index in [4.69, 9.17) is 4.74 Å². The Morgan fingerprint density at radius 1 is 0.925 bits per heavy atom. The number of ether oxygens (including phenoxy) is 1. The molecule has 0 saturated carbocycles. The molecule has 214 valence electrons. The van der Waals surface area contributed by atoms with Crippen LogP contribution in [-0.4, -0.2) is 50.9 Å². The van der Waals surface area contributed by atoms with E-state index in [1.165, 1.54) is 24.1 Å². The van der Waals surface area contributed by atoms with Gasteiger partial charge in [-0.1, -0.05) is 60.5 Å². The van der Waals surface area contributed by atoms with E-state index in [9.17, 15) is 18.0 Å². The number of nitrogens with zero attached hydrogens (tertiary/aromatic N) is 2. The lowest BCUT2D eigenvalue weighted by atomic mass is 10.1. The predicted octanol–water partition coefficient (Wildman–Crippen LogP) is 4.84. The first kappa shape index (κ1) is 30.7. The predicted molar refractivity (Wildman–Crippen MR) is 158 cm³/mol. The van der Waals surface area contributed by atoms with Gasteiger partial charge in [-0.25, -0.2) is 8.42 Å². The lowest BCUT2D eigenvalue weighted by Gasteiger charge is -2.33. The molecule has 3 aromatic rings. The number of hydrogen-bond acceptors (Lipinski definition) is 5. The maximum Gasteiger partial charge on any atom is 0.264 e. The summed E-state index contributed by atoms with van der Waals surface area (Å²) < 4.78 is 34.3. The largest absolute Gasteiger partial charge is 0.497 e. The van der Waals surface area contributed by atoms with E-state index in [1.54, 1.807) is 36.4 Å². The third-order valence-electron chi connectivity index (χ3n) is 6.48. The van der Waals surface area contributed by atoms with Crippen molar-refractivity contribution in [2.24, 2.45) is 0 Å². The Hall–Kier alpha value is -3.85. The molecule has 40 heavy (non-hydrogen) atoms. The van der Waals surface area contributed by atoms with Gasteiger partial charge in [0.15, 0.2) is 0 Å². The molecule has 3 rings (SSSR count). The molecule has 1 N–H and O–H groups in total. The van der Waals surface area contributed by atoms with Crippen LogP contribution in [0.25, 0.3) is 0 Å². The van der Waals surface area contributed by atoms with E-state index in [-0.39, 0.29) is 29.1 Å². The molecule has 0 aliphatic heterocycles. The molecular formula is C31H39N3O5S. The summed E-state index contributed by atoms with van der Waals surface area (Å²) in [5, 5.41) is 2.91. The molecule has 1 atom stereocenters. The summed E-state index contributed by atoms with van der Waals surface area (Å²) in [6.45, 7) is 9.03. The number of anilines is 1. The molecule has 0 bridgehead atoms. The van der Waals surface area contributed by atoms with Gasteiger partial charge in [0.1, 0.15) is 18.3 Å². The minimum absolute atomic E-state index is 0.0588. The molecule has 1 unspecified atom stereocenters. The summed E-state index contributed by atoms with van der Waals surface area (Å²) in [6.07, 6.45) is 0.361. The molecule has 8 nitrogen and oxygen atoms in total. The fourth-order valence-corrected chi connectivity index (χ4v) is 5.85. The summed E-state index contributed by atoms with van der Waals surface area (Å²) >= 11 is 0. The van der Waals surface area contributed by atoms with E-state index in [0.717, 1.165) is 21.0 Å². The first-order valence-corrected chi connectivity index (χ1v) is 14.8. The molecule has 0 radical (unpaired) electrons. The smallest absolute Gasteiger partial charge is 0.264 e. The van der Waals surface area contributed by atoms with Crippen LogP contribution in [0.4, 0.5) is 5.69 Å². The number of methoxy groups -OCH3 is 1. The van der Waals surface area contributed by atoms with Crippen LogP contribution < -0.4 is 14.4 Å². The Kier molecular flexibility index (Phi) is 10.3. The van der Waals surface area contributed by atoms with Crippen LogP contribution in [0.15, 0.2) is 77.7 Å². The third kappa shape index (κ3) is 7.63. The van der Waals surface area contributed by atoms with E-state index in [1.807, 2.05) is 58.9 Å². The summed E-state index contributed by atoms with van der Waals surface area (Å²) in [4.78, 5) is 28.9. The van der Waals surface area contributed by atoms with Gasteiger partial charge in [0, 0.05) is 18.7 Å². The van der Waals surface area contributed by atoms with Crippen molar-refractivity contribution in [1.82, 2.24) is 10.2 Å². The second kappa shape index (κ2) is 13.5. The Morgan fingerprint density at radius 3 is 2.20 bits per heavy atom. The summed E-state index contributed by atoms with van der Waals surface area (Å²) in [5.41, 5.74) is 3.06. The number of carbonyl (C=O) groups excluding carboxylic acids is 2. The monoisotopic (exact) mass is 565 g/mol. The van der Waals surface area contributed by atoms with E-state index >= 15 is 0 Å². The number of hydrogen-bond donors (Lipinski definition) is 1. The average Bonchev–Trinajstić information content (AvgIpc) is 2.91. The quantitative estimate of drug-likeness (QED) is 0.339. The molecule has 0 spiro atoms. The summed E-state index contributed by atoms with van der Waals surface area (Å²) in [7, 11) is -2.65. The molecule has 0 aliphatic carbocycles. The molecular weight excluding hydrogens is 526 g/mol. The molecule has 9 heteroatoms. The molecule has 0 fully saturated rings. The number of amides is 2. The summed E-state index contributed by atoms with van der Waals surface area (Å²) in [5.74, 6) is -0.327. The highest BCUT2D eigenvalue weighted by Gasteiger charge is 2.34. The van der Waals surface area contributed by atoms with Crippen molar-refractivity contribution in [1.29, 1.82) is 0 Å². The van der Waals surface area contributed by atoms with Crippen molar-refractivity contribution in [3.8, 4) is 5.75 Å². The Morgan fingerprint density at radius 2 is 1.60 bits per heavy atom. The van der Waals surface area contributed by atoms with Crippen molar-refractivity contribution in [2.75, 3.05) is 18.0 Å². The molecule has 3 aromatic carbocycles. The van der Waals surface area contributed by atoms with Crippen molar-refractivity contribution in [3.63, 3.8) is 0 Å². The molecule has 0 heterocycles. The zero-order chi connectivity index (χ0) is 29.4. The van der Waals surface area contributed by atoms with E-state index in [0.29, 0.717) is 12.2 Å². The fourth-order valence-electron chi connectivity index (χ4n) is 4.44. The lowest BCUT2D eigenvalue weighted by molar-refractivity contribution is -0.140. The van der Waals surface area contributed by atoms with Gasteiger partial charge in [-0.2, -0.15) is 0 Å². The van der Waals surface area contributed by atoms with Crippen LogP contribution in [0.1, 0.15) is 43.9 Å². The van der Waals surface area contributed by atoms with Gasteiger partial charge in [-0.05, 0) is 63.9 Å². The first-order valence-electron chi connectivity index (χ1n) is 13.3. The van der Waals surface area contributed by atoms with E-state index < -0.39 is 28.5 Å². The molecule has 2 amide bonds. The maximum absolute atomic E-state index is 14.1. The van der Waals surface area contributed by atoms with Crippen LogP contribution in [-0.2, 0) is 26.2 Å². The maximum atomic E-state index is 14.1. The number of benzene rings is 3. The van der Waals surface area contributed by atoms with Gasteiger partial charge < -0.3 is 15.0 Å². The number of nitrogens with one attached hydrogen (secondary N) is 1. The highest BCUT2D eigenvalue weighted by Crippen LogP contribution is 2.28. The zero-order valence-electron chi connectivity index (χ0n) is 24.0. The van der Waals surface area contributed by atoms with Crippen LogP contribution >= 0.6 is 0 Å². The summed E-state index contributed by atoms with van der Waals surface area (Å²) in [6, 6.07) is 19.8. The lowest BCUT2D eigenvalue weighted by Crippen LogP contribution is -2.53. The highest BCUT2D eigenvalue weighted by molar-refractivity contribution is 7.92. The zero-order valence-corrected chi connectivity index (χ0v) is 24.9. The first-order chi connectivity index (χ1) is 19.0. The number of rotatable bonds is 12. The van der Waals surface area contributed by atoms with E-state index in [2.05, 4.69) is 5.32 Å². The van der Waals surface area contributed by atoms with Crippen molar-refractivity contribution in [3.05, 3.63) is 89.5 Å². The molecule has 0 aliphatic rings. The third-order valence-corrected chi connectivity index (χ3v) is 8.27. The average molecular weight is 566 g/mol. The fraction of sp³-hybridized carbons (Fsp3) is 0.355. The van der Waals surface area contributed by atoms with Gasteiger partial charge in [-0.15, -0.1) is 0 Å². The van der Waals surface area contributed by atoms with Crippen LogP contribution in [0.5, 0.6) is 5.75 Å². The van der Waals surface area contributed by atoms with Crippen molar-refractivity contribution < 1.29 is 22.7 Å². The van der Waals surface area contributed by atoms with Gasteiger partial charge in [0.2, 0.25) is 11.8 Å². The minimum atomic E-state index is -4.15. The van der Waals surface area contributed by atoms with Crippen molar-refractivity contribution in [2.45, 2.75) is 64.6 Å². The van der Waals surface area contributed by atoms with Gasteiger partial charge >= 0.3 is 0 Å².